The minimum Gasteiger partial charge on any atom is -0.490 e. The Hall–Kier alpha value is -2.83. The molecule has 0 amide bonds. The van der Waals surface area contributed by atoms with E-state index in [0.717, 1.165) is 40.0 Å². The molecule has 178 valence electrons. The maximum absolute atomic E-state index is 11.5. The molecule has 1 aliphatic rings. The molecule has 0 spiro atoms. The van der Waals surface area contributed by atoms with E-state index in [1.165, 1.54) is 0 Å². The minimum atomic E-state index is -0.697. The highest BCUT2D eigenvalue weighted by Gasteiger charge is 2.30. The summed E-state index contributed by atoms with van der Waals surface area (Å²) in [4.78, 5) is 13.9. The average Bonchev–Trinajstić information content (AvgIpc) is 2.85. The highest BCUT2D eigenvalue weighted by Crippen LogP contribution is 2.38. The number of carbonyl (C=O) groups is 1. The lowest BCUT2D eigenvalue weighted by molar-refractivity contribution is -0.143. The van der Waals surface area contributed by atoms with E-state index in [1.807, 2.05) is 55.5 Å². The van der Waals surface area contributed by atoms with Crippen molar-refractivity contribution < 1.29 is 19.4 Å². The van der Waals surface area contributed by atoms with Gasteiger partial charge in [-0.05, 0) is 73.8 Å². The second-order valence-electron chi connectivity index (χ2n) is 8.52. The van der Waals surface area contributed by atoms with E-state index in [0.29, 0.717) is 31.8 Å². The van der Waals surface area contributed by atoms with Gasteiger partial charge in [-0.2, -0.15) is 0 Å². The van der Waals surface area contributed by atoms with Crippen LogP contribution in [0, 0.1) is 5.92 Å². The first-order valence-electron chi connectivity index (χ1n) is 11.7. The monoisotopic (exact) mass is 523 g/mol. The van der Waals surface area contributed by atoms with Crippen LogP contribution in [0.2, 0.25) is 0 Å². The summed E-state index contributed by atoms with van der Waals surface area (Å²) < 4.78 is 13.1. The highest BCUT2D eigenvalue weighted by atomic mass is 79.9. The van der Waals surface area contributed by atoms with Crippen LogP contribution < -0.4 is 9.47 Å². The fraction of sp³-hybridized carbons (Fsp3) is 0.321. The molecule has 0 radical (unpaired) electrons. The number of halogens is 1. The molecule has 1 fully saturated rings. The number of hydrogen-bond acceptors (Lipinski definition) is 4. The first-order chi connectivity index (χ1) is 16.5. The van der Waals surface area contributed by atoms with E-state index in [2.05, 4.69) is 45.1 Å². The third kappa shape index (κ3) is 5.99. The van der Waals surface area contributed by atoms with Gasteiger partial charge in [0.1, 0.15) is 6.61 Å². The first kappa shape index (κ1) is 24.3. The smallest absolute Gasteiger partial charge is 0.306 e. The van der Waals surface area contributed by atoms with Gasteiger partial charge in [-0.25, -0.2) is 0 Å². The average molecular weight is 524 g/mol. The lowest BCUT2D eigenvalue weighted by atomic mass is 9.91. The number of piperidine rings is 1. The van der Waals surface area contributed by atoms with Gasteiger partial charge in [0.2, 0.25) is 0 Å². The zero-order chi connectivity index (χ0) is 23.9. The summed E-state index contributed by atoms with van der Waals surface area (Å²) in [5.41, 5.74) is 3.35. The Labute approximate surface area is 209 Å². The molecule has 6 heteroatoms. The lowest BCUT2D eigenvalue weighted by Crippen LogP contribution is -2.39. The van der Waals surface area contributed by atoms with Crippen LogP contribution in [0.15, 0.2) is 77.3 Å². The number of hydrogen-bond donors (Lipinski definition) is 1. The highest BCUT2D eigenvalue weighted by molar-refractivity contribution is 9.10. The summed E-state index contributed by atoms with van der Waals surface area (Å²) >= 11 is 3.61. The molecule has 3 aromatic carbocycles. The van der Waals surface area contributed by atoms with Gasteiger partial charge in [-0.3, -0.25) is 9.69 Å². The first-order valence-corrected chi connectivity index (χ1v) is 12.5. The summed E-state index contributed by atoms with van der Waals surface area (Å²) in [6, 6.07) is 24.5. The van der Waals surface area contributed by atoms with Crippen LogP contribution in [0.5, 0.6) is 11.5 Å². The van der Waals surface area contributed by atoms with Gasteiger partial charge >= 0.3 is 5.97 Å². The Morgan fingerprint density at radius 1 is 0.971 bits per heavy atom. The Balaban J connectivity index is 1.63. The maximum atomic E-state index is 11.5. The third-order valence-corrected chi connectivity index (χ3v) is 6.72. The van der Waals surface area contributed by atoms with E-state index >= 15 is 0 Å². The van der Waals surface area contributed by atoms with Crippen LogP contribution in [0.3, 0.4) is 0 Å². The standard InChI is InChI=1S/C28H30BrNO4/c1-2-33-26-18-23(11-12-25(26)34-19-20-7-4-3-5-8-20)27(22-9-6-10-24(29)17-22)30-15-13-21(14-16-30)28(31)32/h3-12,17-18,21,27H,2,13-16,19H2,1H3,(H,31,32). The van der Waals surface area contributed by atoms with Crippen molar-refractivity contribution in [1.29, 1.82) is 0 Å². The van der Waals surface area contributed by atoms with Crippen LogP contribution in [0.4, 0.5) is 0 Å². The second kappa shape index (κ2) is 11.5. The molecule has 1 saturated heterocycles. The van der Waals surface area contributed by atoms with Crippen molar-refractivity contribution in [3.8, 4) is 11.5 Å². The molecule has 0 aromatic heterocycles. The zero-order valence-electron chi connectivity index (χ0n) is 19.3. The molecule has 34 heavy (non-hydrogen) atoms. The maximum Gasteiger partial charge on any atom is 0.306 e. The van der Waals surface area contributed by atoms with Crippen LogP contribution in [-0.2, 0) is 11.4 Å². The number of rotatable bonds is 9. The van der Waals surface area contributed by atoms with Gasteiger partial charge in [-0.1, -0.05) is 64.5 Å². The Morgan fingerprint density at radius 2 is 1.71 bits per heavy atom. The summed E-state index contributed by atoms with van der Waals surface area (Å²) in [6.45, 7) is 4.43. The predicted molar refractivity (Wildman–Crippen MR) is 136 cm³/mol. The molecular formula is C28H30BrNO4. The van der Waals surface area contributed by atoms with Crippen molar-refractivity contribution in [2.75, 3.05) is 19.7 Å². The number of likely N-dealkylation sites (tertiary alicyclic amines) is 1. The summed E-state index contributed by atoms with van der Waals surface area (Å²) in [5, 5.41) is 9.44. The van der Waals surface area contributed by atoms with Crippen LogP contribution in [-0.4, -0.2) is 35.7 Å². The van der Waals surface area contributed by atoms with Gasteiger partial charge in [0, 0.05) is 4.47 Å². The SMILES string of the molecule is CCOc1cc(C(c2cccc(Br)c2)N2CCC(C(=O)O)CC2)ccc1OCc1ccccc1. The van der Waals surface area contributed by atoms with Gasteiger partial charge in [0.15, 0.2) is 11.5 Å². The second-order valence-corrected chi connectivity index (χ2v) is 9.44. The largest absolute Gasteiger partial charge is 0.490 e. The number of benzene rings is 3. The number of carboxylic acid groups (broad SMARTS) is 1. The molecule has 1 aliphatic heterocycles. The molecule has 4 rings (SSSR count). The summed E-state index contributed by atoms with van der Waals surface area (Å²) in [7, 11) is 0. The van der Waals surface area contributed by atoms with E-state index in [-0.39, 0.29) is 12.0 Å². The van der Waals surface area contributed by atoms with Crippen molar-refractivity contribution in [2.45, 2.75) is 32.4 Å². The Bertz CT molecular complexity index is 1100. The van der Waals surface area contributed by atoms with Crippen molar-refractivity contribution in [1.82, 2.24) is 4.90 Å². The van der Waals surface area contributed by atoms with Gasteiger partial charge in [0.05, 0.1) is 18.6 Å². The van der Waals surface area contributed by atoms with E-state index in [4.69, 9.17) is 9.47 Å². The van der Waals surface area contributed by atoms with Crippen LogP contribution in [0.25, 0.3) is 0 Å². The molecule has 0 saturated carbocycles. The summed E-state index contributed by atoms with van der Waals surface area (Å²) in [5.74, 6) is 0.466. The molecule has 1 atom stereocenters. The number of aliphatic carboxylic acids is 1. The van der Waals surface area contributed by atoms with Crippen molar-refractivity contribution in [3.63, 3.8) is 0 Å². The molecule has 1 N–H and O–H groups in total. The fourth-order valence-corrected chi connectivity index (χ4v) is 4.93. The molecular weight excluding hydrogens is 494 g/mol. The predicted octanol–water partition coefficient (Wildman–Crippen LogP) is 6.31. The van der Waals surface area contributed by atoms with Crippen molar-refractivity contribution in [3.05, 3.63) is 94.0 Å². The minimum absolute atomic E-state index is 0.00498. The van der Waals surface area contributed by atoms with Crippen molar-refractivity contribution in [2.24, 2.45) is 5.92 Å². The Kier molecular flexibility index (Phi) is 8.25. The van der Waals surface area contributed by atoms with Crippen LogP contribution >= 0.6 is 15.9 Å². The van der Waals surface area contributed by atoms with Gasteiger partial charge < -0.3 is 14.6 Å². The fourth-order valence-electron chi connectivity index (χ4n) is 4.51. The number of ether oxygens (including phenoxy) is 2. The van der Waals surface area contributed by atoms with E-state index < -0.39 is 5.97 Å². The Morgan fingerprint density at radius 3 is 2.38 bits per heavy atom. The molecule has 0 bridgehead atoms. The quantitative estimate of drug-likeness (QED) is 0.356. The molecule has 1 heterocycles. The molecule has 1 unspecified atom stereocenters. The van der Waals surface area contributed by atoms with Crippen LogP contribution in [0.1, 0.15) is 42.5 Å². The van der Waals surface area contributed by atoms with E-state index in [1.54, 1.807) is 0 Å². The van der Waals surface area contributed by atoms with Gasteiger partial charge in [0.25, 0.3) is 0 Å². The van der Waals surface area contributed by atoms with Crippen molar-refractivity contribution >= 4 is 21.9 Å². The lowest BCUT2D eigenvalue weighted by Gasteiger charge is -2.37. The third-order valence-electron chi connectivity index (χ3n) is 6.23. The zero-order valence-corrected chi connectivity index (χ0v) is 20.9. The number of carboxylic acids is 1. The number of nitrogens with zero attached hydrogens (tertiary/aromatic N) is 1. The topological polar surface area (TPSA) is 59.0 Å². The molecule has 3 aromatic rings. The molecule has 5 nitrogen and oxygen atoms in total. The van der Waals surface area contributed by atoms with E-state index in [9.17, 15) is 9.90 Å². The van der Waals surface area contributed by atoms with Gasteiger partial charge in [-0.15, -0.1) is 0 Å². The molecule has 0 aliphatic carbocycles. The summed E-state index contributed by atoms with van der Waals surface area (Å²) in [6.07, 6.45) is 1.30. The normalized spacial score (nSPS) is 15.6.